The van der Waals surface area contributed by atoms with E-state index in [9.17, 15) is 4.79 Å². The van der Waals surface area contributed by atoms with E-state index < -0.39 is 5.60 Å². The second kappa shape index (κ2) is 11.5. The topological polar surface area (TPSA) is 48.0 Å². The fraction of sp³-hybridized carbons (Fsp3) is 0.679. The molecule has 3 rings (SSSR count). The summed E-state index contributed by atoms with van der Waals surface area (Å²) in [6.45, 7) is 13.9. The van der Waals surface area contributed by atoms with E-state index in [2.05, 4.69) is 37.8 Å². The summed E-state index contributed by atoms with van der Waals surface area (Å²) >= 11 is 0. The second-order valence-corrected chi connectivity index (χ2v) is 11.0. The largest absolute Gasteiger partial charge is 0.444 e. The summed E-state index contributed by atoms with van der Waals surface area (Å²) < 4.78 is 18.3. The van der Waals surface area contributed by atoms with Gasteiger partial charge in [0.1, 0.15) is 5.60 Å². The quantitative estimate of drug-likeness (QED) is 0.417. The van der Waals surface area contributed by atoms with Crippen molar-refractivity contribution in [3.63, 3.8) is 0 Å². The Morgan fingerprint density at radius 1 is 1.12 bits per heavy atom. The molecule has 0 aromatic heterocycles. The van der Waals surface area contributed by atoms with Gasteiger partial charge in [-0.05, 0) is 76.7 Å². The zero-order valence-electron chi connectivity index (χ0n) is 21.1. The van der Waals surface area contributed by atoms with Gasteiger partial charge in [0.05, 0.1) is 31.5 Å². The summed E-state index contributed by atoms with van der Waals surface area (Å²) in [5.74, 6) is 0. The predicted octanol–water partition coefficient (Wildman–Crippen LogP) is 6.51. The Morgan fingerprint density at radius 2 is 1.76 bits per heavy atom. The minimum Gasteiger partial charge on any atom is -0.444 e. The van der Waals surface area contributed by atoms with Gasteiger partial charge in [-0.3, -0.25) is 0 Å². The number of carbonyl (C=O) groups excluding carboxylic acids is 1. The maximum atomic E-state index is 13.0. The molecule has 33 heavy (non-hydrogen) atoms. The van der Waals surface area contributed by atoms with Gasteiger partial charge >= 0.3 is 6.09 Å². The average Bonchev–Trinajstić information content (AvgIpc) is 2.77. The number of likely N-dealkylation sites (tertiary alicyclic amines) is 1. The number of ether oxygens (including phenoxy) is 3. The standard InChI is InChI=1S/C28H43NO4/c1-6-17-28(5)18-10-19-29(26(30)33-27(2,3)4)25(28)21-32-24-15-13-23(14-16-24)31-20-22-11-8-7-9-12-22/h6-9,11-12,23-25H,1,10,13-21H2,2-5H3. The lowest BCUT2D eigenvalue weighted by Crippen LogP contribution is -2.56. The number of piperidine rings is 1. The van der Waals surface area contributed by atoms with Crippen LogP contribution in [0, 0.1) is 5.41 Å². The lowest BCUT2D eigenvalue weighted by atomic mass is 9.72. The maximum Gasteiger partial charge on any atom is 0.410 e. The third-order valence-corrected chi connectivity index (χ3v) is 7.01. The van der Waals surface area contributed by atoms with Crippen LogP contribution in [0.15, 0.2) is 43.0 Å². The highest BCUT2D eigenvalue weighted by Crippen LogP contribution is 2.40. The van der Waals surface area contributed by atoms with Crippen LogP contribution >= 0.6 is 0 Å². The van der Waals surface area contributed by atoms with Gasteiger partial charge in [0.25, 0.3) is 0 Å². The van der Waals surface area contributed by atoms with Gasteiger partial charge in [0.15, 0.2) is 0 Å². The van der Waals surface area contributed by atoms with Gasteiger partial charge in [-0.15, -0.1) is 6.58 Å². The van der Waals surface area contributed by atoms with Crippen LogP contribution in [0.5, 0.6) is 0 Å². The first-order chi connectivity index (χ1) is 15.7. The molecule has 0 radical (unpaired) electrons. The minimum absolute atomic E-state index is 0.00819. The first kappa shape index (κ1) is 25.8. The van der Waals surface area contributed by atoms with Crippen molar-refractivity contribution in [3.8, 4) is 0 Å². The smallest absolute Gasteiger partial charge is 0.410 e. The summed E-state index contributed by atoms with van der Waals surface area (Å²) in [5.41, 5.74) is 0.664. The van der Waals surface area contributed by atoms with Crippen molar-refractivity contribution in [1.82, 2.24) is 4.90 Å². The summed E-state index contributed by atoms with van der Waals surface area (Å²) in [6.07, 6.45) is 9.18. The predicted molar refractivity (Wildman–Crippen MR) is 132 cm³/mol. The van der Waals surface area contributed by atoms with E-state index in [1.807, 2.05) is 37.8 Å². The molecule has 1 saturated heterocycles. The Hall–Kier alpha value is -1.85. The number of hydrogen-bond acceptors (Lipinski definition) is 4. The fourth-order valence-electron chi connectivity index (χ4n) is 5.13. The van der Waals surface area contributed by atoms with Crippen molar-refractivity contribution >= 4 is 6.09 Å². The Kier molecular flexibility index (Phi) is 9.00. The molecule has 1 aliphatic carbocycles. The van der Waals surface area contributed by atoms with Crippen molar-refractivity contribution in [1.29, 1.82) is 0 Å². The molecule has 2 aliphatic rings. The van der Waals surface area contributed by atoms with E-state index in [4.69, 9.17) is 14.2 Å². The SMILES string of the molecule is C=CCC1(C)CCCN(C(=O)OC(C)(C)C)C1COC1CCC(OCc2ccccc2)CC1. The number of allylic oxidation sites excluding steroid dienone is 1. The molecule has 2 fully saturated rings. The van der Waals surface area contributed by atoms with Crippen LogP contribution in [0.4, 0.5) is 4.79 Å². The normalized spacial score (nSPS) is 28.4. The van der Waals surface area contributed by atoms with Crippen molar-refractivity contribution < 1.29 is 19.0 Å². The van der Waals surface area contributed by atoms with E-state index in [1.165, 1.54) is 5.56 Å². The molecular formula is C28H43NO4. The molecule has 5 nitrogen and oxygen atoms in total. The highest BCUT2D eigenvalue weighted by Gasteiger charge is 2.44. The van der Waals surface area contributed by atoms with Crippen LogP contribution in [0.2, 0.25) is 0 Å². The van der Waals surface area contributed by atoms with Crippen molar-refractivity contribution in [2.24, 2.45) is 5.41 Å². The maximum absolute atomic E-state index is 13.0. The van der Waals surface area contributed by atoms with E-state index in [0.29, 0.717) is 19.3 Å². The van der Waals surface area contributed by atoms with Crippen LogP contribution in [0.25, 0.3) is 0 Å². The third kappa shape index (κ3) is 7.58. The number of hydrogen-bond donors (Lipinski definition) is 0. The molecule has 0 spiro atoms. The van der Waals surface area contributed by atoms with Gasteiger partial charge < -0.3 is 19.1 Å². The third-order valence-electron chi connectivity index (χ3n) is 7.01. The van der Waals surface area contributed by atoms with E-state index in [1.54, 1.807) is 0 Å². The van der Waals surface area contributed by atoms with Gasteiger partial charge in [0.2, 0.25) is 0 Å². The van der Waals surface area contributed by atoms with Gasteiger partial charge in [-0.25, -0.2) is 4.79 Å². The number of carbonyl (C=O) groups is 1. The van der Waals surface area contributed by atoms with Crippen molar-refractivity contribution in [3.05, 3.63) is 48.6 Å². The van der Waals surface area contributed by atoms with E-state index in [0.717, 1.165) is 51.5 Å². The summed E-state index contributed by atoms with van der Waals surface area (Å²) in [6, 6.07) is 10.3. The molecule has 184 valence electrons. The number of rotatable bonds is 8. The molecule has 5 heteroatoms. The van der Waals surface area contributed by atoms with Crippen molar-refractivity contribution in [2.75, 3.05) is 13.2 Å². The second-order valence-electron chi connectivity index (χ2n) is 11.0. The lowest BCUT2D eigenvalue weighted by molar-refractivity contribution is -0.0815. The average molecular weight is 458 g/mol. The number of benzene rings is 1. The molecule has 1 saturated carbocycles. The summed E-state index contributed by atoms with van der Waals surface area (Å²) in [7, 11) is 0. The van der Waals surface area contributed by atoms with Crippen LogP contribution in [0.3, 0.4) is 0 Å². The monoisotopic (exact) mass is 457 g/mol. The van der Waals surface area contributed by atoms with E-state index >= 15 is 0 Å². The zero-order chi connectivity index (χ0) is 23.9. The Labute approximate surface area is 200 Å². The van der Waals surface area contributed by atoms with Gasteiger partial charge in [0, 0.05) is 6.54 Å². The molecule has 0 N–H and O–H groups in total. The first-order valence-corrected chi connectivity index (χ1v) is 12.6. The number of nitrogens with zero attached hydrogens (tertiary/aromatic N) is 1. The molecule has 1 aromatic carbocycles. The highest BCUT2D eigenvalue weighted by atomic mass is 16.6. The first-order valence-electron chi connectivity index (χ1n) is 12.6. The molecule has 0 bridgehead atoms. The molecule has 1 aromatic rings. The Balaban J connectivity index is 1.54. The van der Waals surface area contributed by atoms with E-state index in [-0.39, 0.29) is 23.7 Å². The molecule has 1 heterocycles. The minimum atomic E-state index is -0.507. The van der Waals surface area contributed by atoms with Gasteiger partial charge in [-0.1, -0.05) is 43.3 Å². The molecule has 1 amide bonds. The fourth-order valence-corrected chi connectivity index (χ4v) is 5.13. The molecule has 1 aliphatic heterocycles. The van der Waals surface area contributed by atoms with Crippen LogP contribution < -0.4 is 0 Å². The Bertz CT molecular complexity index is 751. The highest BCUT2D eigenvalue weighted by molar-refractivity contribution is 5.69. The zero-order valence-corrected chi connectivity index (χ0v) is 21.1. The molecular weight excluding hydrogens is 414 g/mol. The summed E-state index contributed by atoms with van der Waals surface area (Å²) in [4.78, 5) is 14.9. The van der Waals surface area contributed by atoms with Crippen LogP contribution in [-0.2, 0) is 20.8 Å². The van der Waals surface area contributed by atoms with Crippen LogP contribution in [-0.4, -0.2) is 48.0 Å². The summed E-state index contributed by atoms with van der Waals surface area (Å²) in [5, 5.41) is 0. The number of amides is 1. The van der Waals surface area contributed by atoms with Crippen LogP contribution in [0.1, 0.15) is 78.2 Å². The molecule has 2 atom stereocenters. The lowest BCUT2D eigenvalue weighted by Gasteiger charge is -2.48. The molecule has 2 unspecified atom stereocenters. The van der Waals surface area contributed by atoms with Gasteiger partial charge in [-0.2, -0.15) is 0 Å². The Morgan fingerprint density at radius 3 is 2.36 bits per heavy atom. The van der Waals surface area contributed by atoms with Crippen molar-refractivity contribution in [2.45, 2.75) is 103 Å².